The Hall–Kier alpha value is -2.37. The second-order valence-corrected chi connectivity index (χ2v) is 4.36. The quantitative estimate of drug-likeness (QED) is 0.681. The van der Waals surface area contributed by atoms with Crippen molar-refractivity contribution in [2.24, 2.45) is 0 Å². The molecule has 1 aromatic carbocycles. The summed E-state index contributed by atoms with van der Waals surface area (Å²) in [4.78, 5) is 10.1. The zero-order chi connectivity index (χ0) is 14.0. The van der Waals surface area contributed by atoms with E-state index in [1.807, 2.05) is 30.7 Å². The number of nitro benzene ring substituents is 1. The maximum atomic E-state index is 13.3. The number of aryl methyl sites for hydroxylation is 2. The van der Waals surface area contributed by atoms with E-state index in [1.165, 1.54) is 12.1 Å². The Balaban J connectivity index is 2.18. The molecule has 0 aliphatic carbocycles. The lowest BCUT2D eigenvalue weighted by atomic mass is 10.2. The van der Waals surface area contributed by atoms with Crippen molar-refractivity contribution >= 4 is 5.69 Å². The molecule has 0 bridgehead atoms. The first-order chi connectivity index (χ1) is 8.97. The Morgan fingerprint density at radius 1 is 1.26 bits per heavy atom. The molecule has 0 atom stereocenters. The number of nitro groups is 1. The maximum Gasteiger partial charge on any atom is 0.272 e. The zero-order valence-electron chi connectivity index (χ0n) is 10.7. The highest BCUT2D eigenvalue weighted by Gasteiger charge is 2.10. The van der Waals surface area contributed by atoms with Gasteiger partial charge in [-0.15, -0.1) is 0 Å². The lowest BCUT2D eigenvalue weighted by Crippen LogP contribution is -2.17. The lowest BCUT2D eigenvalue weighted by molar-refractivity contribution is -0.385. The first-order valence-electron chi connectivity index (χ1n) is 5.80. The largest absolute Gasteiger partial charge is 0.322 e. The molecule has 0 saturated heterocycles. The van der Waals surface area contributed by atoms with Crippen LogP contribution in [0.25, 0.3) is 0 Å². The van der Waals surface area contributed by atoms with Gasteiger partial charge in [0.15, 0.2) is 0 Å². The summed E-state index contributed by atoms with van der Waals surface area (Å²) in [5.41, 5.74) is 5.42. The van der Waals surface area contributed by atoms with Crippen LogP contribution < -0.4 is 5.43 Å². The second kappa shape index (κ2) is 5.09. The molecule has 0 saturated carbocycles. The number of benzene rings is 1. The molecule has 1 aromatic heterocycles. The standard InChI is InChI=1S/C13H14FN3O2/c1-9-3-4-10(2)16(9)15-8-11-5-12(14)7-13(6-11)17(18)19/h3-7,15H,8H2,1-2H3. The normalized spacial score (nSPS) is 10.5. The molecule has 0 spiro atoms. The smallest absolute Gasteiger partial charge is 0.272 e. The molecule has 0 aliphatic rings. The average molecular weight is 263 g/mol. The van der Waals surface area contributed by atoms with Crippen LogP contribution in [-0.4, -0.2) is 9.60 Å². The molecule has 0 amide bonds. The molecule has 6 heteroatoms. The van der Waals surface area contributed by atoms with E-state index in [9.17, 15) is 14.5 Å². The number of nitrogens with zero attached hydrogens (tertiary/aromatic N) is 2. The number of non-ortho nitro benzene ring substituents is 1. The van der Waals surface area contributed by atoms with Gasteiger partial charge >= 0.3 is 0 Å². The van der Waals surface area contributed by atoms with Gasteiger partial charge in [-0.05, 0) is 37.6 Å². The molecule has 0 radical (unpaired) electrons. The van der Waals surface area contributed by atoms with Gasteiger partial charge in [0.1, 0.15) is 5.82 Å². The van der Waals surface area contributed by atoms with E-state index >= 15 is 0 Å². The van der Waals surface area contributed by atoms with E-state index in [1.54, 1.807) is 0 Å². The van der Waals surface area contributed by atoms with Gasteiger partial charge in [-0.1, -0.05) is 0 Å². The van der Waals surface area contributed by atoms with Crippen molar-refractivity contribution in [3.63, 3.8) is 0 Å². The van der Waals surface area contributed by atoms with Crippen LogP contribution in [0, 0.1) is 29.8 Å². The molecule has 100 valence electrons. The second-order valence-electron chi connectivity index (χ2n) is 4.36. The highest BCUT2D eigenvalue weighted by molar-refractivity contribution is 5.35. The molecule has 19 heavy (non-hydrogen) atoms. The van der Waals surface area contributed by atoms with Gasteiger partial charge in [-0.2, -0.15) is 0 Å². The van der Waals surface area contributed by atoms with E-state index in [4.69, 9.17) is 0 Å². The predicted octanol–water partition coefficient (Wildman–Crippen LogP) is 2.90. The number of halogens is 1. The molecular weight excluding hydrogens is 249 g/mol. The fourth-order valence-corrected chi connectivity index (χ4v) is 1.93. The molecule has 0 fully saturated rings. The van der Waals surface area contributed by atoms with E-state index in [0.717, 1.165) is 17.5 Å². The van der Waals surface area contributed by atoms with Crippen LogP contribution in [0.3, 0.4) is 0 Å². The molecule has 2 rings (SSSR count). The highest BCUT2D eigenvalue weighted by Crippen LogP contribution is 2.16. The fraction of sp³-hybridized carbons (Fsp3) is 0.231. The van der Waals surface area contributed by atoms with E-state index in [0.29, 0.717) is 12.1 Å². The zero-order valence-corrected chi connectivity index (χ0v) is 10.7. The van der Waals surface area contributed by atoms with E-state index in [2.05, 4.69) is 5.43 Å². The Bertz CT molecular complexity index is 603. The molecule has 1 N–H and O–H groups in total. The highest BCUT2D eigenvalue weighted by atomic mass is 19.1. The summed E-state index contributed by atoms with van der Waals surface area (Å²) in [7, 11) is 0. The maximum absolute atomic E-state index is 13.3. The summed E-state index contributed by atoms with van der Waals surface area (Å²) in [6.07, 6.45) is 0. The Kier molecular flexibility index (Phi) is 3.50. The minimum atomic E-state index is -0.605. The van der Waals surface area contributed by atoms with Crippen LogP contribution in [0.4, 0.5) is 10.1 Å². The van der Waals surface area contributed by atoms with Crippen molar-refractivity contribution in [1.82, 2.24) is 4.68 Å². The molecule has 2 aromatic rings. The summed E-state index contributed by atoms with van der Waals surface area (Å²) in [6.45, 7) is 4.19. The SMILES string of the molecule is Cc1ccc(C)n1NCc1cc(F)cc([N+](=O)[O-])c1. The van der Waals surface area contributed by atoms with Crippen LogP contribution >= 0.6 is 0 Å². The van der Waals surface area contributed by atoms with Gasteiger partial charge in [0.05, 0.1) is 17.5 Å². The summed E-state index contributed by atoms with van der Waals surface area (Å²) in [5, 5.41) is 10.7. The molecule has 0 aliphatic heterocycles. The number of hydrogen-bond donors (Lipinski definition) is 1. The van der Waals surface area contributed by atoms with Gasteiger partial charge in [-0.3, -0.25) is 14.8 Å². The van der Waals surface area contributed by atoms with Crippen molar-refractivity contribution in [3.05, 3.63) is 63.2 Å². The van der Waals surface area contributed by atoms with Crippen LogP contribution in [0.1, 0.15) is 17.0 Å². The first kappa shape index (κ1) is 13.1. The number of nitrogens with one attached hydrogen (secondary N) is 1. The molecule has 0 unspecified atom stereocenters. The van der Waals surface area contributed by atoms with Crippen LogP contribution in [-0.2, 0) is 6.54 Å². The van der Waals surface area contributed by atoms with Crippen molar-refractivity contribution < 1.29 is 9.31 Å². The van der Waals surface area contributed by atoms with Gasteiger partial charge in [-0.25, -0.2) is 4.39 Å². The molecule has 5 nitrogen and oxygen atoms in total. The minimum Gasteiger partial charge on any atom is -0.322 e. The number of rotatable bonds is 4. The third-order valence-corrected chi connectivity index (χ3v) is 2.87. The van der Waals surface area contributed by atoms with Crippen molar-refractivity contribution in [1.29, 1.82) is 0 Å². The fourth-order valence-electron chi connectivity index (χ4n) is 1.93. The van der Waals surface area contributed by atoms with Gasteiger partial charge in [0.25, 0.3) is 5.69 Å². The van der Waals surface area contributed by atoms with Crippen LogP contribution in [0.5, 0.6) is 0 Å². The number of hydrogen-bond acceptors (Lipinski definition) is 3. The minimum absolute atomic E-state index is 0.238. The Morgan fingerprint density at radius 2 is 1.89 bits per heavy atom. The summed E-state index contributed by atoms with van der Waals surface area (Å²) < 4.78 is 15.1. The van der Waals surface area contributed by atoms with E-state index in [-0.39, 0.29) is 5.69 Å². The summed E-state index contributed by atoms with van der Waals surface area (Å²) in [6, 6.07) is 7.47. The third kappa shape index (κ3) is 2.90. The number of aromatic nitrogens is 1. The van der Waals surface area contributed by atoms with Gasteiger partial charge < -0.3 is 5.43 Å². The average Bonchev–Trinajstić information content (AvgIpc) is 2.66. The van der Waals surface area contributed by atoms with Crippen molar-refractivity contribution in [3.8, 4) is 0 Å². The topological polar surface area (TPSA) is 60.1 Å². The monoisotopic (exact) mass is 263 g/mol. The van der Waals surface area contributed by atoms with E-state index < -0.39 is 10.7 Å². The molecular formula is C13H14FN3O2. The molecule has 1 heterocycles. The van der Waals surface area contributed by atoms with Crippen molar-refractivity contribution in [2.75, 3.05) is 5.43 Å². The van der Waals surface area contributed by atoms with Crippen LogP contribution in [0.2, 0.25) is 0 Å². The Morgan fingerprint density at radius 3 is 2.47 bits per heavy atom. The first-order valence-corrected chi connectivity index (χ1v) is 5.80. The third-order valence-electron chi connectivity index (χ3n) is 2.87. The summed E-state index contributed by atoms with van der Waals surface area (Å²) in [5.74, 6) is -0.605. The van der Waals surface area contributed by atoms with Crippen molar-refractivity contribution in [2.45, 2.75) is 20.4 Å². The lowest BCUT2D eigenvalue weighted by Gasteiger charge is -2.12. The van der Waals surface area contributed by atoms with Gasteiger partial charge in [0, 0.05) is 17.5 Å². The Labute approximate surface area is 109 Å². The van der Waals surface area contributed by atoms with Crippen LogP contribution in [0.15, 0.2) is 30.3 Å². The predicted molar refractivity (Wildman–Crippen MR) is 70.0 cm³/mol. The van der Waals surface area contributed by atoms with Gasteiger partial charge in [0.2, 0.25) is 0 Å². The summed E-state index contributed by atoms with van der Waals surface area (Å²) >= 11 is 0.